The number of aryl methyl sites for hydroxylation is 1. The Hall–Kier alpha value is -1.25. The lowest BCUT2D eigenvalue weighted by Crippen LogP contribution is -2.23. The van der Waals surface area contributed by atoms with Crippen LogP contribution in [0.15, 0.2) is 53.4 Å². The van der Waals surface area contributed by atoms with E-state index in [1.54, 1.807) is 0 Å². The molecule has 112 valence electrons. The molecule has 0 bridgehead atoms. The Morgan fingerprint density at radius 3 is 2.05 bits per heavy atom. The van der Waals surface area contributed by atoms with Crippen molar-refractivity contribution >= 4 is 11.8 Å². The molecule has 0 aliphatic heterocycles. The van der Waals surface area contributed by atoms with Gasteiger partial charge in [0.1, 0.15) is 0 Å². The van der Waals surface area contributed by atoms with Gasteiger partial charge in [-0.2, -0.15) is 0 Å². The lowest BCUT2D eigenvalue weighted by Gasteiger charge is -2.23. The Morgan fingerprint density at radius 1 is 0.905 bits per heavy atom. The smallest absolute Gasteiger partial charge is 0.0495 e. The highest BCUT2D eigenvalue weighted by atomic mass is 32.2. The summed E-state index contributed by atoms with van der Waals surface area (Å²) in [6, 6.07) is 17.5. The number of benzene rings is 2. The van der Waals surface area contributed by atoms with Crippen LogP contribution in [0.3, 0.4) is 0 Å². The lowest BCUT2D eigenvalue weighted by molar-refractivity contribution is 0.718. The van der Waals surface area contributed by atoms with Crippen molar-refractivity contribution < 1.29 is 0 Å². The molecule has 0 heterocycles. The van der Waals surface area contributed by atoms with Crippen molar-refractivity contribution in [3.8, 4) is 0 Å². The van der Waals surface area contributed by atoms with Gasteiger partial charge in [-0.3, -0.25) is 0 Å². The monoisotopic (exact) mass is 299 g/mol. The van der Waals surface area contributed by atoms with Crippen LogP contribution in [0.5, 0.6) is 0 Å². The molecule has 0 spiro atoms. The van der Waals surface area contributed by atoms with Gasteiger partial charge < -0.3 is 5.73 Å². The zero-order valence-electron chi connectivity index (χ0n) is 13.3. The molecule has 0 amide bonds. The third-order valence-corrected chi connectivity index (χ3v) is 5.26. The van der Waals surface area contributed by atoms with Crippen LogP contribution < -0.4 is 5.73 Å². The van der Waals surface area contributed by atoms with E-state index >= 15 is 0 Å². The standard InChI is InChI=1S/C19H25NS/c1-13(2)16-9-11-17(12-10-16)21-19(15(4)20)18-8-6-5-7-14(18)3/h5-13,15,19H,20H2,1-4H3. The Morgan fingerprint density at radius 2 is 1.52 bits per heavy atom. The summed E-state index contributed by atoms with van der Waals surface area (Å²) in [5.74, 6) is 0.574. The van der Waals surface area contributed by atoms with E-state index in [2.05, 4.69) is 76.2 Å². The molecule has 0 fully saturated rings. The van der Waals surface area contributed by atoms with Crippen molar-refractivity contribution in [3.63, 3.8) is 0 Å². The molecule has 2 atom stereocenters. The second-order valence-electron chi connectivity index (χ2n) is 5.98. The van der Waals surface area contributed by atoms with E-state index in [0.717, 1.165) is 0 Å². The van der Waals surface area contributed by atoms with Gasteiger partial charge in [0.2, 0.25) is 0 Å². The summed E-state index contributed by atoms with van der Waals surface area (Å²) in [5, 5.41) is 0.288. The van der Waals surface area contributed by atoms with Crippen LogP contribution in [-0.4, -0.2) is 6.04 Å². The fourth-order valence-corrected chi connectivity index (χ4v) is 3.63. The summed E-state index contributed by atoms with van der Waals surface area (Å²) in [7, 11) is 0. The molecule has 2 aromatic rings. The zero-order valence-corrected chi connectivity index (χ0v) is 14.2. The molecule has 0 aliphatic rings. The second-order valence-corrected chi connectivity index (χ2v) is 7.19. The number of hydrogen-bond donors (Lipinski definition) is 1. The van der Waals surface area contributed by atoms with Crippen LogP contribution in [0, 0.1) is 6.92 Å². The van der Waals surface area contributed by atoms with E-state index in [1.165, 1.54) is 21.6 Å². The number of nitrogens with two attached hydrogens (primary N) is 1. The van der Waals surface area contributed by atoms with Crippen LogP contribution in [0.25, 0.3) is 0 Å². The lowest BCUT2D eigenvalue weighted by atomic mass is 10.0. The van der Waals surface area contributed by atoms with E-state index in [0.29, 0.717) is 5.92 Å². The number of rotatable bonds is 5. The van der Waals surface area contributed by atoms with E-state index in [4.69, 9.17) is 5.73 Å². The SMILES string of the molecule is Cc1ccccc1C(Sc1ccc(C(C)C)cc1)C(C)N. The number of thioether (sulfide) groups is 1. The maximum atomic E-state index is 6.24. The molecule has 0 saturated heterocycles. The first kappa shape index (κ1) is 16.1. The molecule has 2 N–H and O–H groups in total. The molecule has 2 heteroatoms. The first-order valence-corrected chi connectivity index (χ1v) is 8.44. The largest absolute Gasteiger partial charge is 0.327 e. The third-order valence-electron chi connectivity index (χ3n) is 3.78. The quantitative estimate of drug-likeness (QED) is 0.758. The molecule has 2 rings (SSSR count). The minimum atomic E-state index is 0.112. The van der Waals surface area contributed by atoms with Crippen molar-refractivity contribution in [2.75, 3.05) is 0 Å². The van der Waals surface area contributed by atoms with E-state index in [1.807, 2.05) is 11.8 Å². The molecular weight excluding hydrogens is 274 g/mol. The highest BCUT2D eigenvalue weighted by Gasteiger charge is 2.19. The van der Waals surface area contributed by atoms with Crippen LogP contribution in [0.4, 0.5) is 0 Å². The Balaban J connectivity index is 2.23. The second kappa shape index (κ2) is 7.15. The summed E-state index contributed by atoms with van der Waals surface area (Å²) < 4.78 is 0. The summed E-state index contributed by atoms with van der Waals surface area (Å²) in [4.78, 5) is 1.28. The van der Waals surface area contributed by atoms with Gasteiger partial charge in [-0.1, -0.05) is 50.2 Å². The highest BCUT2D eigenvalue weighted by Crippen LogP contribution is 2.38. The predicted molar refractivity (Wildman–Crippen MR) is 94.0 cm³/mol. The highest BCUT2D eigenvalue weighted by molar-refractivity contribution is 7.99. The number of hydrogen-bond acceptors (Lipinski definition) is 2. The molecule has 2 unspecified atom stereocenters. The van der Waals surface area contributed by atoms with Gasteiger partial charge in [0, 0.05) is 16.2 Å². The summed E-state index contributed by atoms with van der Waals surface area (Å²) >= 11 is 1.86. The molecule has 0 aliphatic carbocycles. The Kier molecular flexibility index (Phi) is 5.49. The molecule has 0 radical (unpaired) electrons. The Labute approximate surface area is 133 Å². The first-order valence-electron chi connectivity index (χ1n) is 7.56. The van der Waals surface area contributed by atoms with Crippen LogP contribution in [0.2, 0.25) is 0 Å². The molecule has 0 saturated carbocycles. The molecule has 21 heavy (non-hydrogen) atoms. The van der Waals surface area contributed by atoms with Gasteiger partial charge in [-0.05, 0) is 48.6 Å². The van der Waals surface area contributed by atoms with Gasteiger partial charge in [0.15, 0.2) is 0 Å². The van der Waals surface area contributed by atoms with Crippen LogP contribution in [0.1, 0.15) is 48.6 Å². The molecular formula is C19H25NS. The normalized spacial score (nSPS) is 14.2. The summed E-state index contributed by atoms with van der Waals surface area (Å²) in [6.07, 6.45) is 0. The molecule has 0 aromatic heterocycles. The van der Waals surface area contributed by atoms with Gasteiger partial charge in [0.05, 0.1) is 0 Å². The molecule has 2 aromatic carbocycles. The van der Waals surface area contributed by atoms with E-state index in [-0.39, 0.29) is 11.3 Å². The summed E-state index contributed by atoms with van der Waals surface area (Å²) in [6.45, 7) is 8.69. The van der Waals surface area contributed by atoms with Gasteiger partial charge in [-0.25, -0.2) is 0 Å². The third kappa shape index (κ3) is 4.12. The van der Waals surface area contributed by atoms with Crippen molar-refractivity contribution in [2.45, 2.75) is 49.8 Å². The zero-order chi connectivity index (χ0) is 15.4. The van der Waals surface area contributed by atoms with Gasteiger partial charge in [-0.15, -0.1) is 11.8 Å². The fourth-order valence-electron chi connectivity index (χ4n) is 2.44. The maximum absolute atomic E-state index is 6.24. The predicted octanol–water partition coefficient (Wildman–Crippen LogP) is 5.30. The molecule has 1 nitrogen and oxygen atoms in total. The van der Waals surface area contributed by atoms with Gasteiger partial charge in [0.25, 0.3) is 0 Å². The Bertz CT molecular complexity index is 572. The first-order chi connectivity index (χ1) is 9.99. The van der Waals surface area contributed by atoms with E-state index < -0.39 is 0 Å². The fraction of sp³-hybridized carbons (Fsp3) is 0.368. The van der Waals surface area contributed by atoms with Crippen molar-refractivity contribution in [1.29, 1.82) is 0 Å². The van der Waals surface area contributed by atoms with Gasteiger partial charge >= 0.3 is 0 Å². The minimum absolute atomic E-state index is 0.112. The van der Waals surface area contributed by atoms with E-state index in [9.17, 15) is 0 Å². The topological polar surface area (TPSA) is 26.0 Å². The van der Waals surface area contributed by atoms with Crippen LogP contribution in [-0.2, 0) is 0 Å². The average molecular weight is 299 g/mol. The van der Waals surface area contributed by atoms with Crippen LogP contribution >= 0.6 is 11.8 Å². The van der Waals surface area contributed by atoms with Crippen molar-refractivity contribution in [3.05, 3.63) is 65.2 Å². The maximum Gasteiger partial charge on any atom is 0.0495 e. The summed E-state index contributed by atoms with van der Waals surface area (Å²) in [5.41, 5.74) is 10.3. The minimum Gasteiger partial charge on any atom is -0.327 e. The van der Waals surface area contributed by atoms with Crippen molar-refractivity contribution in [2.24, 2.45) is 5.73 Å². The van der Waals surface area contributed by atoms with Crippen molar-refractivity contribution in [1.82, 2.24) is 0 Å². The average Bonchev–Trinajstić information content (AvgIpc) is 2.46.